The Balaban J connectivity index is 2.30. The van der Waals surface area contributed by atoms with Crippen LogP contribution in [0.4, 0.5) is 17.3 Å². The Bertz CT molecular complexity index is 678. The Kier molecular flexibility index (Phi) is 4.96. The predicted octanol–water partition coefficient (Wildman–Crippen LogP) is 3.88. The summed E-state index contributed by atoms with van der Waals surface area (Å²) in [6, 6.07) is 7.15. The molecule has 0 aliphatic carbocycles. The van der Waals surface area contributed by atoms with Crippen LogP contribution in [0.5, 0.6) is 0 Å². The molecule has 0 aliphatic rings. The zero-order valence-corrected chi connectivity index (χ0v) is 12.7. The van der Waals surface area contributed by atoms with E-state index in [9.17, 15) is 0 Å². The molecule has 2 aromatic rings. The van der Waals surface area contributed by atoms with Gasteiger partial charge in [-0.2, -0.15) is 5.26 Å². The van der Waals surface area contributed by atoms with Gasteiger partial charge in [0.15, 0.2) is 0 Å². The summed E-state index contributed by atoms with van der Waals surface area (Å²) >= 11 is 6.15. The van der Waals surface area contributed by atoms with E-state index in [1.165, 1.54) is 6.33 Å². The van der Waals surface area contributed by atoms with E-state index in [-0.39, 0.29) is 0 Å². The van der Waals surface area contributed by atoms with Crippen LogP contribution in [-0.4, -0.2) is 16.5 Å². The maximum Gasteiger partial charge on any atom is 0.138 e. The molecular formula is C15H16ClN5. The number of rotatable bonds is 5. The highest BCUT2D eigenvalue weighted by atomic mass is 35.5. The summed E-state index contributed by atoms with van der Waals surface area (Å²) in [5.74, 6) is 1.46. The second-order valence-electron chi connectivity index (χ2n) is 4.55. The third-order valence-corrected chi connectivity index (χ3v) is 3.30. The predicted molar refractivity (Wildman–Crippen MR) is 85.0 cm³/mol. The van der Waals surface area contributed by atoms with Crippen LogP contribution in [0.15, 0.2) is 24.5 Å². The molecule has 1 aromatic carbocycles. The molecule has 0 saturated carbocycles. The standard InChI is InChI=1S/C15H16ClN5/c1-3-6-18-14-10(2)15(20-9-19-14)21-13-7-11(8-17)4-5-12(13)16/h4-5,7,9H,3,6H2,1-2H3,(H2,18,19,20,21). The minimum atomic E-state index is 0.537. The van der Waals surface area contributed by atoms with Gasteiger partial charge in [0, 0.05) is 12.1 Å². The van der Waals surface area contributed by atoms with Crippen LogP contribution < -0.4 is 10.6 Å². The SMILES string of the molecule is CCCNc1ncnc(Nc2cc(C#N)ccc2Cl)c1C. The summed E-state index contributed by atoms with van der Waals surface area (Å²) in [5.41, 5.74) is 2.10. The molecule has 5 nitrogen and oxygen atoms in total. The van der Waals surface area contributed by atoms with Crippen molar-refractivity contribution in [2.45, 2.75) is 20.3 Å². The quantitative estimate of drug-likeness (QED) is 0.877. The largest absolute Gasteiger partial charge is 0.370 e. The second kappa shape index (κ2) is 6.91. The highest BCUT2D eigenvalue weighted by Crippen LogP contribution is 2.28. The van der Waals surface area contributed by atoms with Gasteiger partial charge in [-0.25, -0.2) is 9.97 Å². The molecule has 0 spiro atoms. The lowest BCUT2D eigenvalue weighted by Gasteiger charge is -2.13. The normalized spacial score (nSPS) is 10.0. The van der Waals surface area contributed by atoms with Gasteiger partial charge in [-0.3, -0.25) is 0 Å². The molecule has 1 aromatic heterocycles. The summed E-state index contributed by atoms with van der Waals surface area (Å²) in [4.78, 5) is 8.46. The average molecular weight is 302 g/mol. The number of nitrogens with one attached hydrogen (secondary N) is 2. The Hall–Kier alpha value is -2.32. The van der Waals surface area contributed by atoms with E-state index in [2.05, 4.69) is 33.6 Å². The third-order valence-electron chi connectivity index (χ3n) is 2.98. The van der Waals surface area contributed by atoms with Gasteiger partial charge < -0.3 is 10.6 Å². The average Bonchev–Trinajstić information content (AvgIpc) is 2.50. The molecule has 108 valence electrons. The molecule has 21 heavy (non-hydrogen) atoms. The lowest BCUT2D eigenvalue weighted by Crippen LogP contribution is -2.07. The Morgan fingerprint density at radius 2 is 2.05 bits per heavy atom. The molecule has 0 bridgehead atoms. The molecule has 0 radical (unpaired) electrons. The number of anilines is 3. The van der Waals surface area contributed by atoms with Crippen LogP contribution in [0.3, 0.4) is 0 Å². The summed E-state index contributed by atoms with van der Waals surface area (Å²) in [6.45, 7) is 4.88. The Labute approximate surface area is 129 Å². The Morgan fingerprint density at radius 3 is 2.76 bits per heavy atom. The summed E-state index contributed by atoms with van der Waals surface area (Å²) in [7, 11) is 0. The third kappa shape index (κ3) is 3.61. The topological polar surface area (TPSA) is 73.6 Å². The molecule has 2 rings (SSSR count). The molecule has 1 heterocycles. The molecule has 2 N–H and O–H groups in total. The summed E-state index contributed by atoms with van der Waals surface area (Å²) in [5, 5.41) is 15.9. The lowest BCUT2D eigenvalue weighted by atomic mass is 10.2. The number of benzene rings is 1. The molecule has 0 saturated heterocycles. The van der Waals surface area contributed by atoms with E-state index >= 15 is 0 Å². The van der Waals surface area contributed by atoms with Crippen LogP contribution in [-0.2, 0) is 0 Å². The summed E-state index contributed by atoms with van der Waals surface area (Å²) < 4.78 is 0. The first-order valence-electron chi connectivity index (χ1n) is 6.67. The number of aromatic nitrogens is 2. The van der Waals surface area contributed by atoms with Crippen molar-refractivity contribution < 1.29 is 0 Å². The van der Waals surface area contributed by atoms with Crippen LogP contribution in [0.1, 0.15) is 24.5 Å². The maximum atomic E-state index is 8.96. The van der Waals surface area contributed by atoms with Crippen LogP contribution in [0.2, 0.25) is 5.02 Å². The zero-order valence-electron chi connectivity index (χ0n) is 11.9. The second-order valence-corrected chi connectivity index (χ2v) is 4.96. The first-order chi connectivity index (χ1) is 10.2. The van der Waals surface area contributed by atoms with Crippen molar-refractivity contribution in [2.75, 3.05) is 17.2 Å². The first kappa shape index (κ1) is 15.1. The zero-order chi connectivity index (χ0) is 15.2. The number of halogens is 1. The minimum Gasteiger partial charge on any atom is -0.370 e. The molecular weight excluding hydrogens is 286 g/mol. The smallest absolute Gasteiger partial charge is 0.138 e. The van der Waals surface area contributed by atoms with Gasteiger partial charge in [-0.15, -0.1) is 0 Å². The number of hydrogen-bond donors (Lipinski definition) is 2. The fourth-order valence-corrected chi connectivity index (χ4v) is 1.98. The maximum absolute atomic E-state index is 8.96. The fraction of sp³-hybridized carbons (Fsp3) is 0.267. The molecule has 0 unspecified atom stereocenters. The van der Waals surface area contributed by atoms with Crippen LogP contribution >= 0.6 is 11.6 Å². The van der Waals surface area contributed by atoms with Crippen molar-refractivity contribution in [3.8, 4) is 6.07 Å². The van der Waals surface area contributed by atoms with Crippen molar-refractivity contribution in [2.24, 2.45) is 0 Å². The van der Waals surface area contributed by atoms with Gasteiger partial charge in [0.05, 0.1) is 22.3 Å². The van der Waals surface area contributed by atoms with E-state index in [0.717, 1.165) is 24.3 Å². The van der Waals surface area contributed by atoms with Gasteiger partial charge >= 0.3 is 0 Å². The Morgan fingerprint density at radius 1 is 1.29 bits per heavy atom. The number of nitriles is 1. The highest BCUT2D eigenvalue weighted by molar-refractivity contribution is 6.33. The van der Waals surface area contributed by atoms with E-state index in [1.54, 1.807) is 18.2 Å². The van der Waals surface area contributed by atoms with Crippen molar-refractivity contribution in [1.29, 1.82) is 5.26 Å². The van der Waals surface area contributed by atoms with E-state index in [4.69, 9.17) is 16.9 Å². The van der Waals surface area contributed by atoms with Crippen molar-refractivity contribution in [1.82, 2.24) is 9.97 Å². The van der Waals surface area contributed by atoms with Crippen molar-refractivity contribution >= 4 is 28.9 Å². The number of nitrogens with zero attached hydrogens (tertiary/aromatic N) is 3. The molecule has 0 amide bonds. The molecule has 0 fully saturated rings. The highest BCUT2D eigenvalue weighted by Gasteiger charge is 2.09. The van der Waals surface area contributed by atoms with E-state index < -0.39 is 0 Å². The van der Waals surface area contributed by atoms with E-state index in [1.807, 2.05) is 6.92 Å². The van der Waals surface area contributed by atoms with Crippen molar-refractivity contribution in [3.05, 3.63) is 40.7 Å². The first-order valence-corrected chi connectivity index (χ1v) is 7.05. The molecule has 0 aliphatic heterocycles. The molecule has 0 atom stereocenters. The number of hydrogen-bond acceptors (Lipinski definition) is 5. The van der Waals surface area contributed by atoms with Crippen LogP contribution in [0, 0.1) is 18.3 Å². The van der Waals surface area contributed by atoms with Gasteiger partial charge in [0.1, 0.15) is 18.0 Å². The fourth-order valence-electron chi connectivity index (χ4n) is 1.82. The van der Waals surface area contributed by atoms with E-state index in [0.29, 0.717) is 22.1 Å². The van der Waals surface area contributed by atoms with Gasteiger partial charge in [0.25, 0.3) is 0 Å². The monoisotopic (exact) mass is 301 g/mol. The van der Waals surface area contributed by atoms with Crippen LogP contribution in [0.25, 0.3) is 0 Å². The van der Waals surface area contributed by atoms with Gasteiger partial charge in [0.2, 0.25) is 0 Å². The molecule has 6 heteroatoms. The van der Waals surface area contributed by atoms with Gasteiger partial charge in [-0.05, 0) is 31.5 Å². The lowest BCUT2D eigenvalue weighted by molar-refractivity contribution is 0.960. The summed E-state index contributed by atoms with van der Waals surface area (Å²) in [6.07, 6.45) is 2.51. The minimum absolute atomic E-state index is 0.537. The van der Waals surface area contributed by atoms with Crippen molar-refractivity contribution in [3.63, 3.8) is 0 Å². The van der Waals surface area contributed by atoms with Gasteiger partial charge in [-0.1, -0.05) is 18.5 Å².